The first-order chi connectivity index (χ1) is 5.07. The maximum Gasteiger partial charge on any atom is 0.320 e. The molecule has 3 N–H and O–H groups in total. The van der Waals surface area contributed by atoms with Crippen LogP contribution in [0.3, 0.4) is 0 Å². The molecule has 1 unspecified atom stereocenters. The molecule has 0 aromatic rings. The van der Waals surface area contributed by atoms with E-state index in [0.29, 0.717) is 6.42 Å². The molecule has 0 radical (unpaired) electrons. The fourth-order valence-electron chi connectivity index (χ4n) is 0.703. The number of aliphatic carboxylic acids is 1. The van der Waals surface area contributed by atoms with Crippen LogP contribution in [0, 0.1) is 0 Å². The first kappa shape index (κ1) is 9.91. The molecule has 62 valence electrons. The number of hydrogen-bond donors (Lipinski definition) is 2. The van der Waals surface area contributed by atoms with Crippen molar-refractivity contribution in [2.24, 2.45) is 5.73 Å². The summed E-state index contributed by atoms with van der Waals surface area (Å²) < 4.78 is 0. The Labute approximate surface area is 66.2 Å². The van der Waals surface area contributed by atoms with Crippen molar-refractivity contribution >= 4 is 5.97 Å². The Kier molecular flexibility index (Phi) is 4.22. The van der Waals surface area contributed by atoms with Crippen LogP contribution in [-0.4, -0.2) is 17.1 Å². The van der Waals surface area contributed by atoms with E-state index in [0.717, 1.165) is 5.57 Å². The third-order valence-corrected chi connectivity index (χ3v) is 1.26. The monoisotopic (exact) mass is 155 g/mol. The van der Waals surface area contributed by atoms with Gasteiger partial charge in [0, 0.05) is 0 Å². The fraction of sp³-hybridized carbons (Fsp3) is 0.375. The average Bonchev–Trinajstić information content (AvgIpc) is 1.87. The van der Waals surface area contributed by atoms with Gasteiger partial charge >= 0.3 is 5.97 Å². The maximum absolute atomic E-state index is 10.3. The number of carboxylic acids is 1. The summed E-state index contributed by atoms with van der Waals surface area (Å²) in [5, 5.41) is 8.42. The van der Waals surface area contributed by atoms with Gasteiger partial charge in [0.1, 0.15) is 6.04 Å². The summed E-state index contributed by atoms with van der Waals surface area (Å²) in [4.78, 5) is 10.3. The lowest BCUT2D eigenvalue weighted by Crippen LogP contribution is -2.30. The molecule has 3 nitrogen and oxygen atoms in total. The highest BCUT2D eigenvalue weighted by molar-refractivity contribution is 5.73. The molecular formula is C8H13NO2. The summed E-state index contributed by atoms with van der Waals surface area (Å²) in [5.41, 5.74) is 6.20. The van der Waals surface area contributed by atoms with E-state index < -0.39 is 12.0 Å². The van der Waals surface area contributed by atoms with Gasteiger partial charge in [-0.3, -0.25) is 4.79 Å². The number of rotatable bonds is 4. The minimum atomic E-state index is -0.971. The Hall–Kier alpha value is -1.09. The Balaban J connectivity index is 3.94. The van der Waals surface area contributed by atoms with E-state index in [1.54, 1.807) is 12.2 Å². The SMILES string of the molecule is C=C/C=C(\C)CC(N)C(=O)O. The lowest BCUT2D eigenvalue weighted by Gasteiger charge is -2.04. The predicted molar refractivity (Wildman–Crippen MR) is 44.2 cm³/mol. The molecule has 0 spiro atoms. The lowest BCUT2D eigenvalue weighted by molar-refractivity contribution is -0.138. The molecule has 3 heteroatoms. The standard InChI is InChI=1S/C8H13NO2/c1-3-4-6(2)5-7(9)8(10)11/h3-4,7H,1,5,9H2,2H3,(H,10,11)/b6-4+. The van der Waals surface area contributed by atoms with Gasteiger partial charge < -0.3 is 10.8 Å². The van der Waals surface area contributed by atoms with Crippen molar-refractivity contribution in [2.75, 3.05) is 0 Å². The minimum absolute atomic E-state index is 0.376. The van der Waals surface area contributed by atoms with Crippen molar-refractivity contribution in [1.29, 1.82) is 0 Å². The van der Waals surface area contributed by atoms with E-state index >= 15 is 0 Å². The average molecular weight is 155 g/mol. The second-order valence-corrected chi connectivity index (χ2v) is 2.40. The Morgan fingerprint density at radius 2 is 2.36 bits per heavy atom. The van der Waals surface area contributed by atoms with Gasteiger partial charge in [-0.25, -0.2) is 0 Å². The Bertz CT molecular complexity index is 185. The number of nitrogens with two attached hydrogens (primary N) is 1. The van der Waals surface area contributed by atoms with Crippen molar-refractivity contribution in [3.05, 3.63) is 24.3 Å². The zero-order chi connectivity index (χ0) is 8.85. The van der Waals surface area contributed by atoms with Crippen LogP contribution in [0.1, 0.15) is 13.3 Å². The fourth-order valence-corrected chi connectivity index (χ4v) is 0.703. The summed E-state index contributed by atoms with van der Waals surface area (Å²) in [6.07, 6.45) is 3.74. The van der Waals surface area contributed by atoms with E-state index in [4.69, 9.17) is 10.8 Å². The lowest BCUT2D eigenvalue weighted by atomic mass is 10.1. The van der Waals surface area contributed by atoms with Gasteiger partial charge in [0.25, 0.3) is 0 Å². The highest BCUT2D eigenvalue weighted by Gasteiger charge is 2.10. The van der Waals surface area contributed by atoms with Gasteiger partial charge in [-0.2, -0.15) is 0 Å². The molecule has 0 saturated heterocycles. The van der Waals surface area contributed by atoms with Crippen LogP contribution in [0.2, 0.25) is 0 Å². The Morgan fingerprint density at radius 1 is 1.82 bits per heavy atom. The van der Waals surface area contributed by atoms with E-state index in [-0.39, 0.29) is 0 Å². The number of hydrogen-bond acceptors (Lipinski definition) is 2. The maximum atomic E-state index is 10.3. The topological polar surface area (TPSA) is 63.3 Å². The van der Waals surface area contributed by atoms with Crippen LogP contribution in [0.5, 0.6) is 0 Å². The zero-order valence-corrected chi connectivity index (χ0v) is 6.58. The molecule has 0 aromatic heterocycles. The van der Waals surface area contributed by atoms with Gasteiger partial charge in [0.2, 0.25) is 0 Å². The normalized spacial score (nSPS) is 14.2. The van der Waals surface area contributed by atoms with Crippen LogP contribution >= 0.6 is 0 Å². The molecule has 0 aliphatic heterocycles. The van der Waals surface area contributed by atoms with E-state index in [1.807, 2.05) is 6.92 Å². The zero-order valence-electron chi connectivity index (χ0n) is 6.58. The van der Waals surface area contributed by atoms with Crippen molar-refractivity contribution in [2.45, 2.75) is 19.4 Å². The van der Waals surface area contributed by atoms with Crippen LogP contribution in [0.25, 0.3) is 0 Å². The second kappa shape index (κ2) is 4.68. The van der Waals surface area contributed by atoms with Crippen LogP contribution in [0.15, 0.2) is 24.3 Å². The molecule has 0 fully saturated rings. The highest BCUT2D eigenvalue weighted by Crippen LogP contribution is 2.02. The Morgan fingerprint density at radius 3 is 2.73 bits per heavy atom. The molecule has 0 aromatic carbocycles. The van der Waals surface area contributed by atoms with Crippen molar-refractivity contribution < 1.29 is 9.90 Å². The first-order valence-electron chi connectivity index (χ1n) is 3.34. The van der Waals surface area contributed by atoms with Gasteiger partial charge in [0.15, 0.2) is 0 Å². The third kappa shape index (κ3) is 4.33. The van der Waals surface area contributed by atoms with Gasteiger partial charge in [-0.1, -0.05) is 24.3 Å². The molecule has 1 atom stereocenters. The third-order valence-electron chi connectivity index (χ3n) is 1.26. The molecule has 11 heavy (non-hydrogen) atoms. The molecule has 0 rings (SSSR count). The minimum Gasteiger partial charge on any atom is -0.480 e. The largest absolute Gasteiger partial charge is 0.480 e. The van der Waals surface area contributed by atoms with Crippen molar-refractivity contribution in [3.8, 4) is 0 Å². The number of carboxylic acid groups (broad SMARTS) is 1. The second-order valence-electron chi connectivity index (χ2n) is 2.40. The molecular weight excluding hydrogens is 142 g/mol. The van der Waals surface area contributed by atoms with E-state index in [2.05, 4.69) is 6.58 Å². The van der Waals surface area contributed by atoms with Gasteiger partial charge in [-0.05, 0) is 13.3 Å². The first-order valence-corrected chi connectivity index (χ1v) is 3.34. The predicted octanol–water partition coefficient (Wildman–Crippen LogP) is 0.921. The van der Waals surface area contributed by atoms with Gasteiger partial charge in [0.05, 0.1) is 0 Å². The number of carbonyl (C=O) groups is 1. The van der Waals surface area contributed by atoms with Gasteiger partial charge in [-0.15, -0.1) is 0 Å². The van der Waals surface area contributed by atoms with E-state index in [9.17, 15) is 4.79 Å². The molecule has 0 amide bonds. The van der Waals surface area contributed by atoms with E-state index in [1.165, 1.54) is 0 Å². The van der Waals surface area contributed by atoms with Crippen LogP contribution in [-0.2, 0) is 4.79 Å². The summed E-state index contributed by atoms with van der Waals surface area (Å²) in [6.45, 7) is 5.31. The molecule has 0 bridgehead atoms. The highest BCUT2D eigenvalue weighted by atomic mass is 16.4. The van der Waals surface area contributed by atoms with Crippen LogP contribution < -0.4 is 5.73 Å². The molecule has 0 aliphatic rings. The summed E-state index contributed by atoms with van der Waals surface area (Å²) in [6, 6.07) is -0.800. The van der Waals surface area contributed by atoms with Crippen LogP contribution in [0.4, 0.5) is 0 Å². The van der Waals surface area contributed by atoms with Crippen molar-refractivity contribution in [3.63, 3.8) is 0 Å². The quantitative estimate of drug-likeness (QED) is 0.593. The molecule has 0 heterocycles. The molecule has 0 saturated carbocycles. The summed E-state index contributed by atoms with van der Waals surface area (Å²) in [7, 11) is 0. The molecule has 0 aliphatic carbocycles. The summed E-state index contributed by atoms with van der Waals surface area (Å²) in [5.74, 6) is -0.971. The summed E-state index contributed by atoms with van der Waals surface area (Å²) >= 11 is 0. The number of allylic oxidation sites excluding steroid dienone is 2. The van der Waals surface area contributed by atoms with Crippen molar-refractivity contribution in [1.82, 2.24) is 0 Å². The smallest absolute Gasteiger partial charge is 0.320 e.